The molecule has 0 unspecified atom stereocenters. The number of nitro benzene ring substituents is 1. The number of benzene rings is 2. The van der Waals surface area contributed by atoms with Crippen LogP contribution in [0.15, 0.2) is 53.6 Å². The van der Waals surface area contributed by atoms with Gasteiger partial charge in [0.2, 0.25) is 5.78 Å². The van der Waals surface area contributed by atoms with Gasteiger partial charge in [-0.1, -0.05) is 37.3 Å². The molecule has 3 rings (SSSR count). The van der Waals surface area contributed by atoms with Gasteiger partial charge in [-0.05, 0) is 18.1 Å². The molecule has 0 atom stereocenters. The number of para-hydroxylation sites is 2. The van der Waals surface area contributed by atoms with Gasteiger partial charge in [0, 0.05) is 28.7 Å². The number of hydrogen-bond acceptors (Lipinski definition) is 6. The van der Waals surface area contributed by atoms with Crippen LogP contribution in [0, 0.1) is 10.1 Å². The number of aryl methyl sites for hydroxylation is 1. The summed E-state index contributed by atoms with van der Waals surface area (Å²) in [4.78, 5) is 38.4. The molecule has 0 bridgehead atoms. The zero-order chi connectivity index (χ0) is 20.1. The molecule has 0 aliphatic heterocycles. The van der Waals surface area contributed by atoms with Crippen molar-refractivity contribution in [3.8, 4) is 0 Å². The molecule has 1 N–H and O–H groups in total. The molecule has 144 valence electrons. The number of Topliss-reactive ketones (excluding diaryl/α,β-unsaturated/α-hetero) is 1. The molecular formula is C20H18N2O5S. The van der Waals surface area contributed by atoms with Crippen molar-refractivity contribution in [1.29, 1.82) is 0 Å². The van der Waals surface area contributed by atoms with Crippen LogP contribution in [0.3, 0.4) is 0 Å². The molecular weight excluding hydrogens is 380 g/mol. The van der Waals surface area contributed by atoms with Gasteiger partial charge in [-0.15, -0.1) is 11.8 Å². The lowest BCUT2D eigenvalue weighted by Gasteiger charge is -2.05. The molecule has 0 fully saturated rings. The SMILES string of the molecule is CCc1cccc2c(C(=O)COC(=O)CSc3ccccc3[N+](=O)[O-])c[nH]c12. The van der Waals surface area contributed by atoms with E-state index >= 15 is 0 Å². The number of hydrogen-bond donors (Lipinski definition) is 1. The van der Waals surface area contributed by atoms with Gasteiger partial charge in [0.15, 0.2) is 6.61 Å². The summed E-state index contributed by atoms with van der Waals surface area (Å²) in [7, 11) is 0. The Morgan fingerprint density at radius 3 is 2.71 bits per heavy atom. The van der Waals surface area contributed by atoms with Gasteiger partial charge in [0.1, 0.15) is 0 Å². The van der Waals surface area contributed by atoms with Crippen molar-refractivity contribution in [2.45, 2.75) is 18.2 Å². The van der Waals surface area contributed by atoms with E-state index in [2.05, 4.69) is 4.98 Å². The summed E-state index contributed by atoms with van der Waals surface area (Å²) in [5, 5.41) is 11.8. The summed E-state index contributed by atoms with van der Waals surface area (Å²) >= 11 is 1.01. The van der Waals surface area contributed by atoms with Crippen molar-refractivity contribution in [3.05, 3.63) is 69.9 Å². The van der Waals surface area contributed by atoms with Crippen LogP contribution in [0.4, 0.5) is 5.69 Å². The number of fused-ring (bicyclic) bond motifs is 1. The Bertz CT molecular complexity index is 1040. The fourth-order valence-corrected chi connectivity index (χ4v) is 3.70. The maximum atomic E-state index is 12.4. The number of nitrogens with zero attached hydrogens (tertiary/aromatic N) is 1. The second-order valence-corrected chi connectivity index (χ2v) is 7.01. The molecule has 0 aliphatic carbocycles. The fraction of sp³-hybridized carbons (Fsp3) is 0.200. The average Bonchev–Trinajstić information content (AvgIpc) is 3.15. The van der Waals surface area contributed by atoms with E-state index in [4.69, 9.17) is 4.74 Å². The van der Waals surface area contributed by atoms with Gasteiger partial charge < -0.3 is 9.72 Å². The molecule has 0 radical (unpaired) electrons. The minimum absolute atomic E-state index is 0.0677. The lowest BCUT2D eigenvalue weighted by molar-refractivity contribution is -0.387. The van der Waals surface area contributed by atoms with Crippen molar-refractivity contribution >= 4 is 40.1 Å². The summed E-state index contributed by atoms with van der Waals surface area (Å²) in [6.07, 6.45) is 2.46. The third kappa shape index (κ3) is 4.23. The highest BCUT2D eigenvalue weighted by Gasteiger charge is 2.17. The number of aromatic nitrogens is 1. The number of H-pyrrole nitrogens is 1. The van der Waals surface area contributed by atoms with E-state index in [-0.39, 0.29) is 23.8 Å². The maximum Gasteiger partial charge on any atom is 0.316 e. The first-order valence-corrected chi connectivity index (χ1v) is 9.63. The highest BCUT2D eigenvalue weighted by molar-refractivity contribution is 8.00. The maximum absolute atomic E-state index is 12.4. The number of esters is 1. The summed E-state index contributed by atoms with van der Waals surface area (Å²) < 4.78 is 5.06. The second kappa shape index (κ2) is 8.71. The second-order valence-electron chi connectivity index (χ2n) is 5.99. The predicted molar refractivity (Wildman–Crippen MR) is 107 cm³/mol. The Morgan fingerprint density at radius 2 is 1.96 bits per heavy atom. The number of carbonyl (C=O) groups is 2. The number of ketones is 1. The fourth-order valence-electron chi connectivity index (χ4n) is 2.87. The van der Waals surface area contributed by atoms with Gasteiger partial charge >= 0.3 is 5.97 Å². The van der Waals surface area contributed by atoms with Crippen molar-refractivity contribution in [2.24, 2.45) is 0 Å². The van der Waals surface area contributed by atoms with E-state index in [9.17, 15) is 19.7 Å². The summed E-state index contributed by atoms with van der Waals surface area (Å²) in [5.41, 5.74) is 2.42. The quantitative estimate of drug-likeness (QED) is 0.201. The molecule has 1 aromatic heterocycles. The third-order valence-corrected chi connectivity index (χ3v) is 5.29. The van der Waals surface area contributed by atoms with Gasteiger partial charge in [0.25, 0.3) is 5.69 Å². The van der Waals surface area contributed by atoms with Crippen LogP contribution in [-0.2, 0) is 16.0 Å². The highest BCUT2D eigenvalue weighted by atomic mass is 32.2. The standard InChI is InChI=1S/C20H18N2O5S/c1-2-13-6-5-7-14-15(10-21-20(13)14)17(23)11-27-19(24)12-28-18-9-4-3-8-16(18)22(25)26/h3-10,21H,2,11-12H2,1H3. The number of carbonyl (C=O) groups excluding carboxylic acids is 2. The normalized spacial score (nSPS) is 10.8. The number of ether oxygens (including phenoxy) is 1. The zero-order valence-corrected chi connectivity index (χ0v) is 16.0. The smallest absolute Gasteiger partial charge is 0.316 e. The Hall–Kier alpha value is -3.13. The van der Waals surface area contributed by atoms with Crippen molar-refractivity contribution in [3.63, 3.8) is 0 Å². The van der Waals surface area contributed by atoms with E-state index in [0.29, 0.717) is 10.5 Å². The average molecular weight is 398 g/mol. The molecule has 0 saturated carbocycles. The van der Waals surface area contributed by atoms with E-state index in [1.165, 1.54) is 6.07 Å². The van der Waals surface area contributed by atoms with Crippen molar-refractivity contribution < 1.29 is 19.2 Å². The number of nitro groups is 1. The number of nitrogens with one attached hydrogen (secondary N) is 1. The minimum Gasteiger partial charge on any atom is -0.457 e. The van der Waals surface area contributed by atoms with E-state index in [1.54, 1.807) is 24.4 Å². The molecule has 2 aromatic carbocycles. The van der Waals surface area contributed by atoms with Gasteiger partial charge in [-0.25, -0.2) is 0 Å². The lowest BCUT2D eigenvalue weighted by Crippen LogP contribution is -2.15. The van der Waals surface area contributed by atoms with E-state index in [0.717, 1.165) is 34.6 Å². The van der Waals surface area contributed by atoms with E-state index < -0.39 is 10.9 Å². The lowest BCUT2D eigenvalue weighted by atomic mass is 10.1. The van der Waals surface area contributed by atoms with Crippen LogP contribution in [-0.4, -0.2) is 34.0 Å². The Balaban J connectivity index is 1.60. The Labute approximate surface area is 165 Å². The molecule has 0 amide bonds. The first-order chi connectivity index (χ1) is 13.5. The van der Waals surface area contributed by atoms with E-state index in [1.807, 2.05) is 25.1 Å². The third-order valence-electron chi connectivity index (χ3n) is 4.25. The largest absolute Gasteiger partial charge is 0.457 e. The van der Waals surface area contributed by atoms with Crippen LogP contribution < -0.4 is 0 Å². The number of rotatable bonds is 8. The monoisotopic (exact) mass is 398 g/mol. The molecule has 28 heavy (non-hydrogen) atoms. The van der Waals surface area contributed by atoms with Crippen molar-refractivity contribution in [2.75, 3.05) is 12.4 Å². The highest BCUT2D eigenvalue weighted by Crippen LogP contribution is 2.28. The molecule has 8 heteroatoms. The van der Waals surface area contributed by atoms with Gasteiger partial charge in [-0.3, -0.25) is 19.7 Å². The van der Waals surface area contributed by atoms with Crippen molar-refractivity contribution in [1.82, 2.24) is 4.98 Å². The Morgan fingerprint density at radius 1 is 1.18 bits per heavy atom. The predicted octanol–water partition coefficient (Wildman–Crippen LogP) is 4.16. The van der Waals surface area contributed by atoms with Gasteiger partial charge in [-0.2, -0.15) is 0 Å². The molecule has 7 nitrogen and oxygen atoms in total. The molecule has 3 aromatic rings. The topological polar surface area (TPSA) is 102 Å². The Kier molecular flexibility index (Phi) is 6.10. The summed E-state index contributed by atoms with van der Waals surface area (Å²) in [6.45, 7) is 1.66. The molecule has 1 heterocycles. The summed E-state index contributed by atoms with van der Waals surface area (Å²) in [6, 6.07) is 11.9. The van der Waals surface area contributed by atoms with Gasteiger partial charge in [0.05, 0.1) is 15.6 Å². The number of thioether (sulfide) groups is 1. The van der Waals surface area contributed by atoms with Crippen LogP contribution in [0.1, 0.15) is 22.8 Å². The molecule has 0 spiro atoms. The first kappa shape index (κ1) is 19.6. The van der Waals surface area contributed by atoms with Crippen LogP contribution >= 0.6 is 11.8 Å². The summed E-state index contributed by atoms with van der Waals surface area (Å²) in [5.74, 6) is -1.03. The molecule has 0 aliphatic rings. The zero-order valence-electron chi connectivity index (χ0n) is 15.1. The van der Waals surface area contributed by atoms with Crippen LogP contribution in [0.2, 0.25) is 0 Å². The van der Waals surface area contributed by atoms with Crippen LogP contribution in [0.25, 0.3) is 10.9 Å². The van der Waals surface area contributed by atoms with Crippen LogP contribution in [0.5, 0.6) is 0 Å². The number of aromatic amines is 1. The minimum atomic E-state index is -0.606. The molecule has 0 saturated heterocycles. The first-order valence-electron chi connectivity index (χ1n) is 8.65.